The van der Waals surface area contributed by atoms with Crippen LogP contribution in [0.4, 0.5) is 11.5 Å². The first-order chi connectivity index (χ1) is 38.6. The number of piperidine rings is 2. The molecule has 80 heavy (non-hydrogen) atoms. The number of likely N-dealkylation sites (tertiary alicyclic amines) is 1. The number of nitrogens with zero attached hydrogens (tertiary/aromatic N) is 9. The standard InChI is InChI=1S/C62H73ClN12O4S/c1-7-37(3)66-52-31-50(36(2)28-51(52)59(64)78)61(79)67-47-29-48-17-18-49(30-47)75(48)54-19-14-45(33-65-54)58(77)44-10-8-41(9-11-44)34-71-24-26-72(27-25-71)35-42-20-22-73(23-21-42)55(76)32-53-60-70-69-40(6)74(60)62-56(38(4)39(5)80-62)57(68-53)43-12-15-46(63)16-13-43/h8-16,19,28,31,33,37,42,47-49,53,66H,7,17-18,20-27,29-30,32,34-35H2,1-6H3,(H2,64,78)(H,67,79)/t37-,47?,48-,49+,53+/m1/s1. The summed E-state index contributed by atoms with van der Waals surface area (Å²) in [6, 6.07) is 23.2. The second-order valence-corrected chi connectivity index (χ2v) is 24.5. The molecule has 0 radical (unpaired) electrons. The van der Waals surface area contributed by atoms with E-state index in [4.69, 9.17) is 27.3 Å². The number of aliphatic imine (C=N–C) groups is 1. The average Bonchev–Trinajstić information content (AvgIpc) is 4.13. The fourth-order valence-corrected chi connectivity index (χ4v) is 14.1. The van der Waals surface area contributed by atoms with Gasteiger partial charge in [0, 0.05) is 126 Å². The van der Waals surface area contributed by atoms with Gasteiger partial charge in [0.25, 0.3) is 11.8 Å². The van der Waals surface area contributed by atoms with E-state index in [-0.39, 0.29) is 48.2 Å². The smallest absolute Gasteiger partial charge is 0.251 e. The van der Waals surface area contributed by atoms with Crippen molar-refractivity contribution in [1.29, 1.82) is 0 Å². The van der Waals surface area contributed by atoms with Crippen LogP contribution in [-0.4, -0.2) is 134 Å². The van der Waals surface area contributed by atoms with Crippen molar-refractivity contribution in [3.8, 4) is 5.00 Å². The lowest BCUT2D eigenvalue weighted by Gasteiger charge is -2.40. The van der Waals surface area contributed by atoms with E-state index in [1.165, 1.54) is 16.0 Å². The van der Waals surface area contributed by atoms with Gasteiger partial charge in [-0.2, -0.15) is 0 Å². The molecule has 8 heterocycles. The Bertz CT molecular complexity index is 3310. The number of rotatable bonds is 16. The number of fused-ring (bicyclic) bond motifs is 5. The molecule has 0 saturated carbocycles. The molecule has 0 spiro atoms. The van der Waals surface area contributed by atoms with E-state index in [1.807, 2.05) is 74.2 Å². The summed E-state index contributed by atoms with van der Waals surface area (Å²) in [4.78, 5) is 74.7. The predicted molar refractivity (Wildman–Crippen MR) is 316 cm³/mol. The van der Waals surface area contributed by atoms with Gasteiger partial charge in [-0.25, -0.2) is 4.98 Å². The molecule has 5 aliphatic heterocycles. The molecule has 418 valence electrons. The molecule has 5 aliphatic rings. The molecule has 3 aromatic heterocycles. The molecule has 4 saturated heterocycles. The van der Waals surface area contributed by atoms with Crippen LogP contribution in [0.5, 0.6) is 0 Å². The van der Waals surface area contributed by atoms with Crippen molar-refractivity contribution < 1.29 is 19.2 Å². The van der Waals surface area contributed by atoms with Crippen LogP contribution in [0.2, 0.25) is 5.02 Å². The van der Waals surface area contributed by atoms with Gasteiger partial charge in [-0.3, -0.25) is 33.6 Å². The van der Waals surface area contributed by atoms with Gasteiger partial charge in [-0.15, -0.1) is 21.5 Å². The number of hydrogen-bond donors (Lipinski definition) is 3. The maximum Gasteiger partial charge on any atom is 0.251 e. The van der Waals surface area contributed by atoms with Crippen molar-refractivity contribution in [2.75, 3.05) is 56.0 Å². The molecule has 4 N–H and O–H groups in total. The summed E-state index contributed by atoms with van der Waals surface area (Å²) in [6.45, 7) is 19.5. The van der Waals surface area contributed by atoms with Crippen LogP contribution in [0, 0.1) is 33.6 Å². The van der Waals surface area contributed by atoms with Crippen molar-refractivity contribution in [2.24, 2.45) is 16.6 Å². The molecule has 3 aromatic carbocycles. The maximum absolute atomic E-state index is 14.1. The molecule has 0 aliphatic carbocycles. The molecule has 3 amide bonds. The van der Waals surface area contributed by atoms with Gasteiger partial charge in [-0.05, 0) is 139 Å². The second-order valence-electron chi connectivity index (χ2n) is 22.9. The zero-order valence-corrected chi connectivity index (χ0v) is 48.4. The van der Waals surface area contributed by atoms with E-state index in [2.05, 4.69) is 73.0 Å². The Morgan fingerprint density at radius 3 is 2.16 bits per heavy atom. The highest BCUT2D eigenvalue weighted by Gasteiger charge is 2.42. The highest BCUT2D eigenvalue weighted by Crippen LogP contribution is 2.41. The van der Waals surface area contributed by atoms with Crippen LogP contribution >= 0.6 is 22.9 Å². The van der Waals surface area contributed by atoms with Crippen LogP contribution in [0.15, 0.2) is 84.0 Å². The number of thiophene rings is 1. The Kier molecular flexibility index (Phi) is 16.1. The zero-order chi connectivity index (χ0) is 55.9. The van der Waals surface area contributed by atoms with Gasteiger partial charge in [0.15, 0.2) is 11.6 Å². The van der Waals surface area contributed by atoms with E-state index < -0.39 is 11.9 Å². The monoisotopic (exact) mass is 1120 g/mol. The Labute approximate surface area is 478 Å². The lowest BCUT2D eigenvalue weighted by molar-refractivity contribution is -0.133. The number of primary amides is 1. The summed E-state index contributed by atoms with van der Waals surface area (Å²) >= 11 is 8.03. The van der Waals surface area contributed by atoms with Crippen LogP contribution in [0.25, 0.3) is 5.00 Å². The lowest BCUT2D eigenvalue weighted by atomic mass is 9.95. The van der Waals surface area contributed by atoms with Crippen molar-refractivity contribution >= 4 is 63.7 Å². The number of aromatic nitrogens is 4. The maximum atomic E-state index is 14.1. The molecular weight excluding hydrogens is 1040 g/mol. The number of pyridine rings is 1. The number of anilines is 2. The quantitative estimate of drug-likeness (QED) is 0.0784. The third kappa shape index (κ3) is 11.4. The molecule has 1 unspecified atom stereocenters. The minimum absolute atomic E-state index is 0.00469. The minimum atomic E-state index is -0.527. The lowest BCUT2D eigenvalue weighted by Crippen LogP contribution is -2.50. The second kappa shape index (κ2) is 23.4. The highest BCUT2D eigenvalue weighted by molar-refractivity contribution is 7.15. The third-order valence-corrected chi connectivity index (χ3v) is 19.0. The van der Waals surface area contributed by atoms with Crippen molar-refractivity contribution in [1.82, 2.24) is 39.8 Å². The Morgan fingerprint density at radius 2 is 1.50 bits per heavy atom. The first-order valence-corrected chi connectivity index (χ1v) is 29.8. The molecule has 4 fully saturated rings. The van der Waals surface area contributed by atoms with Gasteiger partial charge in [0.05, 0.1) is 17.7 Å². The number of carbonyl (C=O) groups is 4. The number of hydrogen-bond acceptors (Lipinski definition) is 13. The normalized spacial score (nSPS) is 20.9. The average molecular weight is 1120 g/mol. The van der Waals surface area contributed by atoms with Gasteiger partial charge in [0.2, 0.25) is 5.91 Å². The largest absolute Gasteiger partial charge is 0.382 e. The van der Waals surface area contributed by atoms with E-state index in [9.17, 15) is 19.2 Å². The fourth-order valence-electron chi connectivity index (χ4n) is 12.7. The van der Waals surface area contributed by atoms with Crippen LogP contribution < -0.4 is 21.3 Å². The molecular formula is C62H73ClN12O4S. The number of amides is 3. The summed E-state index contributed by atoms with van der Waals surface area (Å²) < 4.78 is 2.11. The Morgan fingerprint density at radius 1 is 0.812 bits per heavy atom. The number of carbonyl (C=O) groups excluding carboxylic acids is 4. The summed E-state index contributed by atoms with van der Waals surface area (Å²) in [6.07, 6.45) is 8.36. The third-order valence-electron chi connectivity index (χ3n) is 17.5. The zero-order valence-electron chi connectivity index (χ0n) is 46.8. The van der Waals surface area contributed by atoms with Crippen LogP contribution in [-0.2, 0) is 11.3 Å². The Balaban J connectivity index is 0.630. The van der Waals surface area contributed by atoms with Gasteiger partial charge in [0.1, 0.15) is 22.7 Å². The van der Waals surface area contributed by atoms with E-state index in [0.717, 1.165) is 131 Å². The number of nitrogens with one attached hydrogen (secondary N) is 2. The first kappa shape index (κ1) is 55.1. The highest BCUT2D eigenvalue weighted by atomic mass is 35.5. The van der Waals surface area contributed by atoms with Crippen LogP contribution in [0.3, 0.4) is 0 Å². The minimum Gasteiger partial charge on any atom is -0.382 e. The fraction of sp³-hybridized carbons (Fsp3) is 0.452. The molecule has 6 aromatic rings. The number of halogens is 1. The van der Waals surface area contributed by atoms with E-state index >= 15 is 0 Å². The number of benzene rings is 3. The Hall–Kier alpha value is -6.79. The summed E-state index contributed by atoms with van der Waals surface area (Å²) in [5, 5.41) is 17.5. The summed E-state index contributed by atoms with van der Waals surface area (Å²) in [5.74, 6) is 2.26. The molecule has 18 heteroatoms. The first-order valence-electron chi connectivity index (χ1n) is 28.6. The SMILES string of the molecule is CC[C@@H](C)Nc1cc(C(=O)NC2C[C@H]3CC[C@@H](C2)N3c2ccc(C(=O)c3ccc(CN4CCN(CC5CCN(C(=O)C[C@@H]6N=C(c7ccc(Cl)cc7)c7c(sc(C)c7C)-n7c(C)nnc76)CC5)CC4)cc3)cn2)c(C)cc1C(N)=O. The van der Waals surface area contributed by atoms with Gasteiger partial charge < -0.3 is 31.1 Å². The molecule has 2 bridgehead atoms. The number of ketones is 1. The van der Waals surface area contributed by atoms with Crippen LogP contribution in [0.1, 0.15) is 152 Å². The molecule has 5 atom stereocenters. The molecule has 11 rings (SSSR count). The van der Waals surface area contributed by atoms with Crippen molar-refractivity contribution in [3.63, 3.8) is 0 Å². The van der Waals surface area contributed by atoms with Gasteiger partial charge in [-0.1, -0.05) is 54.9 Å². The van der Waals surface area contributed by atoms with Crippen molar-refractivity contribution in [3.05, 3.63) is 151 Å². The van der Waals surface area contributed by atoms with Gasteiger partial charge >= 0.3 is 0 Å². The molecule has 16 nitrogen and oxygen atoms in total. The van der Waals surface area contributed by atoms with E-state index in [1.54, 1.807) is 29.7 Å². The summed E-state index contributed by atoms with van der Waals surface area (Å²) in [7, 11) is 0. The topological polar surface area (TPSA) is 187 Å². The predicted octanol–water partition coefficient (Wildman–Crippen LogP) is 9.42. The summed E-state index contributed by atoms with van der Waals surface area (Å²) in [5.41, 5.74) is 14.3. The number of piperazine rings is 1. The van der Waals surface area contributed by atoms with Crippen molar-refractivity contribution in [2.45, 2.75) is 130 Å². The number of nitrogens with two attached hydrogens (primary N) is 1. The number of aryl methyl sites for hydroxylation is 3. The van der Waals surface area contributed by atoms with E-state index in [0.29, 0.717) is 50.3 Å².